The Morgan fingerprint density at radius 1 is 1.10 bits per heavy atom. The number of rotatable bonds is 5. The van der Waals surface area contributed by atoms with E-state index in [0.717, 1.165) is 24.5 Å². The van der Waals surface area contributed by atoms with E-state index >= 15 is 0 Å². The van der Waals surface area contributed by atoms with E-state index in [1.54, 1.807) is 0 Å². The zero-order chi connectivity index (χ0) is 20.2. The molecule has 1 N–H and O–H groups in total. The molecule has 0 atom stereocenters. The van der Waals surface area contributed by atoms with E-state index in [1.807, 2.05) is 41.4 Å². The number of H-pyrrole nitrogens is 1. The number of thioether (sulfide) groups is 1. The molecule has 0 spiro atoms. The van der Waals surface area contributed by atoms with Crippen molar-refractivity contribution in [3.8, 4) is 11.5 Å². The summed E-state index contributed by atoms with van der Waals surface area (Å²) in [5.74, 6) is 1.96. The second-order valence-corrected chi connectivity index (χ2v) is 8.00. The first-order chi connectivity index (χ1) is 14.1. The monoisotopic (exact) mass is 410 g/mol. The third kappa shape index (κ3) is 4.59. The third-order valence-corrected chi connectivity index (χ3v) is 5.95. The molecule has 7 nitrogen and oxygen atoms in total. The van der Waals surface area contributed by atoms with Crippen LogP contribution in [0.25, 0.3) is 11.5 Å². The molecular weight excluding hydrogens is 386 g/mol. The molecule has 3 heterocycles. The molecule has 3 aromatic rings. The lowest BCUT2D eigenvalue weighted by atomic mass is 10.1. The van der Waals surface area contributed by atoms with Gasteiger partial charge in [-0.1, -0.05) is 23.9 Å². The molecule has 4 rings (SSSR count). The Kier molecular flexibility index (Phi) is 5.80. The summed E-state index contributed by atoms with van der Waals surface area (Å²) in [5, 5.41) is 8.62. The SMILES string of the molecule is Cc1ccc(-c2nnc(SCC(=O)N3CCN(c4cccc[nH+]4)CC3)o2)cc1C. The van der Waals surface area contributed by atoms with Gasteiger partial charge in [-0.3, -0.25) is 9.69 Å². The van der Waals surface area contributed by atoms with Crippen molar-refractivity contribution in [2.45, 2.75) is 19.1 Å². The Morgan fingerprint density at radius 3 is 2.66 bits per heavy atom. The van der Waals surface area contributed by atoms with Crippen molar-refractivity contribution < 1.29 is 14.2 Å². The lowest BCUT2D eigenvalue weighted by Crippen LogP contribution is -2.50. The number of piperazine rings is 1. The number of aromatic nitrogens is 3. The highest BCUT2D eigenvalue weighted by molar-refractivity contribution is 7.99. The molecule has 1 fully saturated rings. The smallest absolute Gasteiger partial charge is 0.277 e. The van der Waals surface area contributed by atoms with E-state index in [2.05, 4.69) is 40.0 Å². The first-order valence-electron chi connectivity index (χ1n) is 9.63. The number of carbonyl (C=O) groups is 1. The van der Waals surface area contributed by atoms with Gasteiger partial charge in [-0.05, 0) is 43.2 Å². The average Bonchev–Trinajstić information content (AvgIpc) is 3.24. The summed E-state index contributed by atoms with van der Waals surface area (Å²) in [4.78, 5) is 20.0. The summed E-state index contributed by atoms with van der Waals surface area (Å²) in [6.45, 7) is 7.17. The zero-order valence-corrected chi connectivity index (χ0v) is 17.4. The van der Waals surface area contributed by atoms with Crippen LogP contribution in [0.1, 0.15) is 11.1 Å². The molecule has 29 heavy (non-hydrogen) atoms. The number of pyridine rings is 1. The minimum atomic E-state index is 0.0950. The summed E-state index contributed by atoms with van der Waals surface area (Å²) in [6, 6.07) is 12.1. The van der Waals surface area contributed by atoms with E-state index < -0.39 is 0 Å². The molecule has 0 unspecified atom stereocenters. The van der Waals surface area contributed by atoms with E-state index in [9.17, 15) is 4.79 Å². The maximum atomic E-state index is 12.6. The van der Waals surface area contributed by atoms with Crippen LogP contribution in [0.15, 0.2) is 52.2 Å². The Balaban J connectivity index is 1.29. The predicted octanol–water partition coefficient (Wildman–Crippen LogP) is 2.61. The van der Waals surface area contributed by atoms with Crippen LogP contribution in [0.3, 0.4) is 0 Å². The number of carbonyl (C=O) groups excluding carboxylic acids is 1. The molecule has 0 aliphatic carbocycles. The van der Waals surface area contributed by atoms with Crippen LogP contribution >= 0.6 is 11.8 Å². The van der Waals surface area contributed by atoms with Gasteiger partial charge in [0.05, 0.1) is 25.0 Å². The molecule has 1 aromatic carbocycles. The summed E-state index contributed by atoms with van der Waals surface area (Å²) >= 11 is 1.29. The molecule has 1 aliphatic rings. The van der Waals surface area contributed by atoms with Crippen LogP contribution < -0.4 is 9.88 Å². The van der Waals surface area contributed by atoms with Crippen molar-refractivity contribution in [1.82, 2.24) is 15.1 Å². The van der Waals surface area contributed by atoms with Gasteiger partial charge in [0, 0.05) is 11.6 Å². The quantitative estimate of drug-likeness (QED) is 0.602. The highest BCUT2D eigenvalue weighted by Gasteiger charge is 2.26. The summed E-state index contributed by atoms with van der Waals surface area (Å²) in [6.07, 6.45) is 1.92. The van der Waals surface area contributed by atoms with Gasteiger partial charge in [-0.15, -0.1) is 10.2 Å². The Hall–Kier alpha value is -2.87. The molecule has 1 amide bonds. The van der Waals surface area contributed by atoms with Crippen LogP contribution in [0, 0.1) is 13.8 Å². The molecule has 0 radical (unpaired) electrons. The van der Waals surface area contributed by atoms with Crippen molar-refractivity contribution in [3.05, 3.63) is 53.7 Å². The van der Waals surface area contributed by atoms with Crippen molar-refractivity contribution in [3.63, 3.8) is 0 Å². The van der Waals surface area contributed by atoms with E-state index in [1.165, 1.54) is 22.9 Å². The molecule has 0 bridgehead atoms. The first-order valence-corrected chi connectivity index (χ1v) is 10.6. The highest BCUT2D eigenvalue weighted by Crippen LogP contribution is 2.25. The van der Waals surface area contributed by atoms with Crippen molar-refractivity contribution in [2.75, 3.05) is 36.8 Å². The maximum absolute atomic E-state index is 12.6. The third-order valence-electron chi connectivity index (χ3n) is 5.15. The number of aromatic amines is 1. The number of amides is 1. The maximum Gasteiger partial charge on any atom is 0.277 e. The molecule has 1 aliphatic heterocycles. The fourth-order valence-electron chi connectivity index (χ4n) is 3.25. The van der Waals surface area contributed by atoms with E-state index in [4.69, 9.17) is 4.42 Å². The van der Waals surface area contributed by atoms with Gasteiger partial charge in [0.2, 0.25) is 11.8 Å². The van der Waals surface area contributed by atoms with Crippen LogP contribution in [0.4, 0.5) is 5.82 Å². The Bertz CT molecular complexity index is 984. The van der Waals surface area contributed by atoms with Gasteiger partial charge in [-0.2, -0.15) is 0 Å². The van der Waals surface area contributed by atoms with Crippen molar-refractivity contribution in [1.29, 1.82) is 0 Å². The molecule has 8 heteroatoms. The van der Waals surface area contributed by atoms with Gasteiger partial charge in [0.1, 0.15) is 13.1 Å². The number of hydrogen-bond acceptors (Lipinski definition) is 6. The minimum absolute atomic E-state index is 0.0950. The summed E-state index contributed by atoms with van der Waals surface area (Å²) in [7, 11) is 0. The fraction of sp³-hybridized carbons (Fsp3) is 0.333. The number of aryl methyl sites for hydroxylation is 2. The Labute approximate surface area is 174 Å². The van der Waals surface area contributed by atoms with Crippen LogP contribution in [-0.4, -0.2) is 52.9 Å². The van der Waals surface area contributed by atoms with E-state index in [0.29, 0.717) is 30.0 Å². The predicted molar refractivity (Wildman–Crippen MR) is 112 cm³/mol. The number of nitrogens with zero attached hydrogens (tertiary/aromatic N) is 4. The molecular formula is C21H24N5O2S+. The van der Waals surface area contributed by atoms with Gasteiger partial charge < -0.3 is 9.32 Å². The van der Waals surface area contributed by atoms with Crippen LogP contribution in [0.2, 0.25) is 0 Å². The second kappa shape index (κ2) is 8.65. The average molecular weight is 411 g/mol. The lowest BCUT2D eigenvalue weighted by molar-refractivity contribution is -0.364. The fourth-order valence-corrected chi connectivity index (χ4v) is 3.92. The number of anilines is 1. The van der Waals surface area contributed by atoms with Gasteiger partial charge >= 0.3 is 0 Å². The molecule has 150 valence electrons. The summed E-state index contributed by atoms with van der Waals surface area (Å²) in [5.41, 5.74) is 3.30. The van der Waals surface area contributed by atoms with Crippen LogP contribution in [-0.2, 0) is 4.79 Å². The van der Waals surface area contributed by atoms with Gasteiger partial charge in [0.25, 0.3) is 11.0 Å². The van der Waals surface area contributed by atoms with Gasteiger partial charge in [0.15, 0.2) is 0 Å². The minimum Gasteiger partial charge on any atom is -0.411 e. The highest BCUT2D eigenvalue weighted by atomic mass is 32.2. The molecule has 0 saturated carbocycles. The van der Waals surface area contributed by atoms with Crippen molar-refractivity contribution in [2.24, 2.45) is 0 Å². The standard InChI is InChI=1S/C21H23N5O2S/c1-15-6-7-17(13-16(15)2)20-23-24-21(28-20)29-14-19(27)26-11-9-25(10-12-26)18-5-3-4-8-22-18/h3-8,13H,9-12,14H2,1-2H3/p+1. The lowest BCUT2D eigenvalue weighted by Gasteiger charge is -2.30. The van der Waals surface area contributed by atoms with E-state index in [-0.39, 0.29) is 5.91 Å². The molecule has 1 saturated heterocycles. The van der Waals surface area contributed by atoms with Gasteiger partial charge in [-0.25, -0.2) is 4.98 Å². The zero-order valence-electron chi connectivity index (χ0n) is 16.6. The summed E-state index contributed by atoms with van der Waals surface area (Å²) < 4.78 is 5.73. The Morgan fingerprint density at radius 2 is 1.93 bits per heavy atom. The first kappa shape index (κ1) is 19.4. The van der Waals surface area contributed by atoms with Crippen LogP contribution in [0.5, 0.6) is 0 Å². The number of benzene rings is 1. The topological polar surface area (TPSA) is 76.6 Å². The number of nitrogens with one attached hydrogen (secondary N) is 1. The largest absolute Gasteiger partial charge is 0.411 e. The molecule has 2 aromatic heterocycles. The van der Waals surface area contributed by atoms with Crippen molar-refractivity contribution >= 4 is 23.5 Å². The normalized spacial score (nSPS) is 14.3. The second-order valence-electron chi connectivity index (χ2n) is 7.08. The number of hydrogen-bond donors (Lipinski definition) is 0.